The van der Waals surface area contributed by atoms with E-state index in [0.29, 0.717) is 52.2 Å². The van der Waals surface area contributed by atoms with Gasteiger partial charge in [-0.3, -0.25) is 14.6 Å². The molecule has 7 heteroatoms. The molecule has 1 aromatic heterocycles. The number of nitrogens with zero attached hydrogens (tertiary/aromatic N) is 2. The van der Waals surface area contributed by atoms with Crippen LogP contribution in [0.4, 0.5) is 10.1 Å². The first-order valence-corrected chi connectivity index (χ1v) is 11.8. The molecule has 0 N–H and O–H groups in total. The van der Waals surface area contributed by atoms with E-state index in [4.69, 9.17) is 16.0 Å². The number of fused-ring (bicyclic) bond motifs is 1. The normalized spacial score (nSPS) is 13.5. The molecule has 0 radical (unpaired) electrons. The van der Waals surface area contributed by atoms with E-state index in [9.17, 15) is 14.0 Å². The van der Waals surface area contributed by atoms with Crippen molar-refractivity contribution in [2.24, 2.45) is 5.41 Å². The van der Waals surface area contributed by atoms with E-state index in [1.54, 1.807) is 48.7 Å². The predicted molar refractivity (Wildman–Crippen MR) is 137 cm³/mol. The van der Waals surface area contributed by atoms with E-state index in [1.165, 1.54) is 19.2 Å². The lowest BCUT2D eigenvalue weighted by Crippen LogP contribution is -2.28. The second-order valence-corrected chi connectivity index (χ2v) is 9.12. The molecule has 6 nitrogen and oxygen atoms in total. The molecule has 37 heavy (non-hydrogen) atoms. The Bertz CT molecular complexity index is 1540. The van der Waals surface area contributed by atoms with E-state index in [0.717, 1.165) is 5.56 Å². The van der Waals surface area contributed by atoms with E-state index in [-0.39, 0.29) is 30.2 Å². The van der Waals surface area contributed by atoms with E-state index >= 15 is 0 Å². The van der Waals surface area contributed by atoms with Crippen molar-refractivity contribution in [1.29, 1.82) is 0 Å². The van der Waals surface area contributed by atoms with Crippen LogP contribution in [0, 0.1) is 17.8 Å². The molecule has 0 aliphatic heterocycles. The van der Waals surface area contributed by atoms with Crippen LogP contribution < -0.4 is 9.47 Å². The summed E-state index contributed by atoms with van der Waals surface area (Å²) >= 11 is 0. The molecule has 1 heterocycles. The Balaban J connectivity index is 1.27. The number of benzene rings is 3. The van der Waals surface area contributed by atoms with Crippen molar-refractivity contribution in [3.8, 4) is 17.2 Å². The van der Waals surface area contributed by atoms with Crippen LogP contribution in [0.2, 0.25) is 0 Å². The molecular weight excluding hydrogens is 471 g/mol. The lowest BCUT2D eigenvalue weighted by atomic mass is 9.88. The van der Waals surface area contributed by atoms with Gasteiger partial charge in [0, 0.05) is 24.4 Å². The molecule has 1 aliphatic rings. The van der Waals surface area contributed by atoms with Gasteiger partial charge >= 0.3 is 0 Å². The van der Waals surface area contributed by atoms with Crippen molar-refractivity contribution < 1.29 is 23.5 Å². The molecule has 3 aromatic carbocycles. The zero-order valence-corrected chi connectivity index (χ0v) is 20.2. The number of hydrogen-bond donors (Lipinski definition) is 0. The quantitative estimate of drug-likeness (QED) is 0.198. The van der Waals surface area contributed by atoms with Gasteiger partial charge in [-0.2, -0.15) is 0 Å². The molecule has 0 atom stereocenters. The van der Waals surface area contributed by atoms with E-state index < -0.39 is 5.41 Å². The topological polar surface area (TPSA) is 69.9 Å². The molecule has 184 valence electrons. The Hall–Kier alpha value is -4.57. The third-order valence-electron chi connectivity index (χ3n) is 6.73. The minimum Gasteiger partial charge on any atom is -0.508 e. The summed E-state index contributed by atoms with van der Waals surface area (Å²) < 4.78 is 24.5. The zero-order valence-electron chi connectivity index (χ0n) is 20.2. The average Bonchev–Trinajstić information content (AvgIpc) is 3.73. The van der Waals surface area contributed by atoms with Crippen LogP contribution in [0.5, 0.6) is 17.2 Å². The van der Waals surface area contributed by atoms with Crippen LogP contribution in [0.3, 0.4) is 0 Å². The van der Waals surface area contributed by atoms with Crippen molar-refractivity contribution in [3.05, 3.63) is 101 Å². The maximum atomic E-state index is 13.2. The van der Waals surface area contributed by atoms with Gasteiger partial charge in [-0.25, -0.2) is 9.24 Å². The van der Waals surface area contributed by atoms with Gasteiger partial charge in [0.15, 0.2) is 11.6 Å². The predicted octanol–water partition coefficient (Wildman–Crippen LogP) is 6.43. The number of pyridine rings is 1. The summed E-state index contributed by atoms with van der Waals surface area (Å²) in [5, 5.41) is 0.684. The minimum atomic E-state index is -0.929. The highest BCUT2D eigenvalue weighted by atomic mass is 19.1. The number of rotatable bonds is 9. The number of carbonyl (C=O) groups excluding carboxylic acids is 2. The van der Waals surface area contributed by atoms with Gasteiger partial charge in [-0.1, -0.05) is 24.3 Å². The minimum absolute atomic E-state index is 0.0889. The highest BCUT2D eigenvalue weighted by molar-refractivity contribution is 6.11. The first-order chi connectivity index (χ1) is 17.9. The van der Waals surface area contributed by atoms with Gasteiger partial charge in [0.25, 0.3) is 0 Å². The van der Waals surface area contributed by atoms with Gasteiger partial charge in [0.1, 0.15) is 23.1 Å². The van der Waals surface area contributed by atoms with Gasteiger partial charge < -0.3 is 9.47 Å². The van der Waals surface area contributed by atoms with Gasteiger partial charge in [-0.15, -0.1) is 0 Å². The molecule has 4 aromatic rings. The van der Waals surface area contributed by atoms with Crippen LogP contribution >= 0.6 is 0 Å². The standard InChI is InChI=1S/C30H23FN2O4/c1-32-25-17-23-24(18-27(25)36-2)33-14-11-26(23)37-22-9-5-20(6-10-22)16-29(35)30(12-13-30)28(34)15-19-3-7-21(31)8-4-19/h3-11,14,17-18H,12-13,15-16H2,2H3. The summed E-state index contributed by atoms with van der Waals surface area (Å²) in [4.78, 5) is 33.8. The number of carbonyl (C=O) groups is 2. The summed E-state index contributed by atoms with van der Waals surface area (Å²) in [6.45, 7) is 7.39. The second kappa shape index (κ2) is 9.82. The van der Waals surface area contributed by atoms with Crippen molar-refractivity contribution in [3.63, 3.8) is 0 Å². The zero-order chi connectivity index (χ0) is 26.0. The molecule has 0 bridgehead atoms. The Labute approximate surface area is 213 Å². The number of Topliss-reactive ketones (excluding diaryl/α,β-unsaturated/α-hetero) is 2. The SMILES string of the molecule is [C-]#[N+]c1cc2c(Oc3ccc(CC(=O)C4(C(=O)Cc5ccc(F)cc5)CC4)cc3)ccnc2cc1OC. The third-order valence-corrected chi connectivity index (χ3v) is 6.73. The first kappa shape index (κ1) is 24.1. The highest BCUT2D eigenvalue weighted by Gasteiger charge is 2.54. The maximum Gasteiger partial charge on any atom is 0.228 e. The monoisotopic (exact) mass is 494 g/mol. The van der Waals surface area contributed by atoms with Crippen LogP contribution in [0.1, 0.15) is 24.0 Å². The summed E-state index contributed by atoms with van der Waals surface area (Å²) in [6.07, 6.45) is 3.01. The van der Waals surface area contributed by atoms with Crippen molar-refractivity contribution in [1.82, 2.24) is 4.98 Å². The summed E-state index contributed by atoms with van der Waals surface area (Å²) in [5.74, 6) is 1.01. The Kier molecular flexibility index (Phi) is 6.41. The van der Waals surface area contributed by atoms with Crippen LogP contribution in [0.25, 0.3) is 15.7 Å². The van der Waals surface area contributed by atoms with Gasteiger partial charge in [0.2, 0.25) is 5.69 Å². The summed E-state index contributed by atoms with van der Waals surface area (Å²) in [6, 6.07) is 18.1. The molecule has 0 unspecified atom stereocenters. The molecule has 0 amide bonds. The van der Waals surface area contributed by atoms with Crippen LogP contribution in [0.15, 0.2) is 72.9 Å². The Morgan fingerprint density at radius 3 is 2.14 bits per heavy atom. The number of hydrogen-bond acceptors (Lipinski definition) is 5. The largest absolute Gasteiger partial charge is 0.508 e. The molecule has 1 saturated carbocycles. The highest BCUT2D eigenvalue weighted by Crippen LogP contribution is 2.49. The van der Waals surface area contributed by atoms with Crippen molar-refractivity contribution in [2.75, 3.05) is 7.11 Å². The smallest absolute Gasteiger partial charge is 0.228 e. The molecule has 0 spiro atoms. The Morgan fingerprint density at radius 2 is 1.57 bits per heavy atom. The maximum absolute atomic E-state index is 13.2. The number of halogens is 1. The van der Waals surface area contributed by atoms with Gasteiger partial charge in [-0.05, 0) is 66.4 Å². The summed E-state index contributed by atoms with van der Waals surface area (Å²) in [7, 11) is 1.51. The fraction of sp³-hybridized carbons (Fsp3) is 0.200. The van der Waals surface area contributed by atoms with Crippen molar-refractivity contribution in [2.45, 2.75) is 25.7 Å². The van der Waals surface area contributed by atoms with Crippen LogP contribution in [-0.4, -0.2) is 23.7 Å². The number of ether oxygens (including phenoxy) is 2. The number of methoxy groups -OCH3 is 1. The molecule has 0 saturated heterocycles. The number of aromatic nitrogens is 1. The Morgan fingerprint density at radius 1 is 0.946 bits per heavy atom. The molecular formula is C30H23FN2O4. The third kappa shape index (κ3) is 4.91. The van der Waals surface area contributed by atoms with E-state index in [1.807, 2.05) is 12.1 Å². The molecule has 5 rings (SSSR count). The molecule has 1 fully saturated rings. The lowest BCUT2D eigenvalue weighted by molar-refractivity contribution is -0.133. The van der Waals surface area contributed by atoms with Gasteiger partial charge in [0.05, 0.1) is 24.6 Å². The first-order valence-electron chi connectivity index (χ1n) is 11.8. The summed E-state index contributed by atoms with van der Waals surface area (Å²) in [5.41, 5.74) is 1.57. The van der Waals surface area contributed by atoms with Crippen molar-refractivity contribution >= 4 is 28.2 Å². The number of ketones is 2. The fourth-order valence-electron chi connectivity index (χ4n) is 4.43. The fourth-order valence-corrected chi connectivity index (χ4v) is 4.43. The average molecular weight is 495 g/mol. The molecule has 1 aliphatic carbocycles. The van der Waals surface area contributed by atoms with Crippen LogP contribution in [-0.2, 0) is 22.4 Å². The van der Waals surface area contributed by atoms with E-state index in [2.05, 4.69) is 9.83 Å². The lowest BCUT2D eigenvalue weighted by Gasteiger charge is -2.14. The second-order valence-electron chi connectivity index (χ2n) is 9.12.